The van der Waals surface area contributed by atoms with Crippen LogP contribution < -0.4 is 10.2 Å². The molecule has 1 N–H and O–H groups in total. The first-order valence-corrected chi connectivity index (χ1v) is 12.8. The van der Waals surface area contributed by atoms with Crippen LogP contribution >= 0.6 is 22.6 Å². The molecule has 1 amide bonds. The molecular weight excluding hydrogens is 445 g/mol. The maximum atomic E-state index is 11.8. The van der Waals surface area contributed by atoms with Gasteiger partial charge in [-0.15, -0.1) is 0 Å². The number of carbonyl (C=O) groups is 1. The Bertz CT molecular complexity index is 623. The number of halogens is 1. The molecule has 1 aromatic heterocycles. The molecule has 1 aliphatic heterocycles. The summed E-state index contributed by atoms with van der Waals surface area (Å²) in [7, 11) is -0.0683. The zero-order valence-electron chi connectivity index (χ0n) is 16.1. The maximum absolute atomic E-state index is 11.8. The standard InChI is InChI=1S/C18H30IN3O2Si/c1-18(2,3)25(5,6)24-13-7-9-22(10-8-13)16-11-15(19)14(12-21-16)17(23)20-4/h11-13H,7-10H2,1-6H3,(H,20,23). The highest BCUT2D eigenvalue weighted by Gasteiger charge is 2.39. The van der Waals surface area contributed by atoms with E-state index in [1.807, 2.05) is 6.07 Å². The topological polar surface area (TPSA) is 54.5 Å². The molecule has 1 aliphatic rings. The summed E-state index contributed by atoms with van der Waals surface area (Å²) in [4.78, 5) is 18.6. The Labute approximate surface area is 166 Å². The van der Waals surface area contributed by atoms with Gasteiger partial charge in [-0.1, -0.05) is 20.8 Å². The first-order valence-electron chi connectivity index (χ1n) is 8.85. The van der Waals surface area contributed by atoms with Gasteiger partial charge in [-0.05, 0) is 59.6 Å². The molecule has 0 bridgehead atoms. The highest BCUT2D eigenvalue weighted by molar-refractivity contribution is 14.1. The van der Waals surface area contributed by atoms with Gasteiger partial charge in [0.25, 0.3) is 5.91 Å². The highest BCUT2D eigenvalue weighted by atomic mass is 127. The van der Waals surface area contributed by atoms with E-state index in [-0.39, 0.29) is 10.9 Å². The van der Waals surface area contributed by atoms with E-state index in [1.165, 1.54) is 0 Å². The van der Waals surface area contributed by atoms with Crippen molar-refractivity contribution >= 4 is 42.6 Å². The van der Waals surface area contributed by atoms with E-state index < -0.39 is 8.32 Å². The molecule has 1 fully saturated rings. The highest BCUT2D eigenvalue weighted by Crippen LogP contribution is 2.38. The van der Waals surface area contributed by atoms with Gasteiger partial charge in [-0.25, -0.2) is 4.98 Å². The third-order valence-corrected chi connectivity index (χ3v) is 10.8. The Balaban J connectivity index is 1.99. The lowest BCUT2D eigenvalue weighted by molar-refractivity contribution is 0.0962. The Hall–Kier alpha value is -0.673. The number of nitrogens with zero attached hydrogens (tertiary/aromatic N) is 2. The van der Waals surface area contributed by atoms with Crippen LogP contribution in [0.2, 0.25) is 18.1 Å². The van der Waals surface area contributed by atoms with Gasteiger partial charge in [0, 0.05) is 36.0 Å². The lowest BCUT2D eigenvalue weighted by Crippen LogP contribution is -2.47. The summed E-state index contributed by atoms with van der Waals surface area (Å²) in [6, 6.07) is 2.00. The van der Waals surface area contributed by atoms with Gasteiger partial charge in [0.1, 0.15) is 5.82 Å². The van der Waals surface area contributed by atoms with Crippen LogP contribution in [0, 0.1) is 3.57 Å². The van der Waals surface area contributed by atoms with Crippen molar-refractivity contribution in [2.45, 2.75) is 57.8 Å². The quantitative estimate of drug-likeness (QED) is 0.528. The Morgan fingerprint density at radius 1 is 1.36 bits per heavy atom. The molecule has 2 heterocycles. The largest absolute Gasteiger partial charge is 0.414 e. The van der Waals surface area contributed by atoms with Crippen molar-refractivity contribution in [2.75, 3.05) is 25.0 Å². The molecule has 140 valence electrons. The monoisotopic (exact) mass is 475 g/mol. The van der Waals surface area contributed by atoms with Gasteiger partial charge in [-0.2, -0.15) is 0 Å². The molecule has 25 heavy (non-hydrogen) atoms. The molecule has 7 heteroatoms. The third kappa shape index (κ3) is 4.94. The van der Waals surface area contributed by atoms with Crippen molar-refractivity contribution in [1.82, 2.24) is 10.3 Å². The molecule has 0 unspecified atom stereocenters. The fourth-order valence-electron chi connectivity index (χ4n) is 2.69. The number of pyridine rings is 1. The van der Waals surface area contributed by atoms with Gasteiger partial charge in [0.15, 0.2) is 8.32 Å². The van der Waals surface area contributed by atoms with Gasteiger partial charge in [0.2, 0.25) is 0 Å². The van der Waals surface area contributed by atoms with Crippen molar-refractivity contribution in [3.63, 3.8) is 0 Å². The van der Waals surface area contributed by atoms with Gasteiger partial charge in [0.05, 0.1) is 5.56 Å². The van der Waals surface area contributed by atoms with Crippen LogP contribution in [0.25, 0.3) is 0 Å². The summed E-state index contributed by atoms with van der Waals surface area (Å²) in [5.74, 6) is 0.854. The minimum absolute atomic E-state index is 0.0927. The molecule has 5 nitrogen and oxygen atoms in total. The normalized spacial score (nSPS) is 16.8. The predicted molar refractivity (Wildman–Crippen MR) is 114 cm³/mol. The van der Waals surface area contributed by atoms with E-state index in [0.717, 1.165) is 35.3 Å². The predicted octanol–water partition coefficient (Wildman–Crippen LogP) is 4.04. The number of hydrogen-bond acceptors (Lipinski definition) is 4. The van der Waals surface area contributed by atoms with Crippen LogP contribution in [0.1, 0.15) is 44.0 Å². The van der Waals surface area contributed by atoms with E-state index in [4.69, 9.17) is 4.43 Å². The second-order valence-electron chi connectivity index (χ2n) is 8.17. The zero-order valence-corrected chi connectivity index (χ0v) is 19.3. The van der Waals surface area contributed by atoms with Gasteiger partial charge < -0.3 is 14.6 Å². The van der Waals surface area contributed by atoms with Crippen LogP contribution in [-0.2, 0) is 4.43 Å². The number of anilines is 1. The molecule has 0 atom stereocenters. The minimum Gasteiger partial charge on any atom is -0.414 e. The number of nitrogens with one attached hydrogen (secondary N) is 1. The average Bonchev–Trinajstić information content (AvgIpc) is 2.53. The SMILES string of the molecule is CNC(=O)c1cnc(N2CCC(O[Si](C)(C)C(C)(C)C)CC2)cc1I. The summed E-state index contributed by atoms with van der Waals surface area (Å²) < 4.78 is 7.49. The van der Waals surface area contributed by atoms with Crippen LogP contribution in [0.4, 0.5) is 5.82 Å². The first kappa shape index (κ1) is 20.6. The first-order chi connectivity index (χ1) is 11.5. The number of hydrogen-bond donors (Lipinski definition) is 1. The molecule has 1 saturated heterocycles. The zero-order chi connectivity index (χ0) is 18.8. The number of piperidine rings is 1. The summed E-state index contributed by atoms with van der Waals surface area (Å²) >= 11 is 2.20. The summed E-state index contributed by atoms with van der Waals surface area (Å²) in [6.07, 6.45) is 4.08. The third-order valence-electron chi connectivity index (χ3n) is 5.34. The van der Waals surface area contributed by atoms with E-state index in [2.05, 4.69) is 71.7 Å². The number of amides is 1. The Morgan fingerprint density at radius 3 is 2.44 bits per heavy atom. The summed E-state index contributed by atoms with van der Waals surface area (Å²) in [5.41, 5.74) is 0.628. The summed E-state index contributed by atoms with van der Waals surface area (Å²) in [6.45, 7) is 13.4. The Kier molecular flexibility index (Phi) is 6.53. The molecular formula is C18H30IN3O2Si. The van der Waals surface area contributed by atoms with Crippen LogP contribution in [0.3, 0.4) is 0 Å². The number of aromatic nitrogens is 1. The lowest BCUT2D eigenvalue weighted by atomic mass is 10.1. The molecule has 0 saturated carbocycles. The van der Waals surface area contributed by atoms with Crippen LogP contribution in [-0.4, -0.2) is 45.4 Å². The second kappa shape index (κ2) is 7.92. The van der Waals surface area contributed by atoms with Crippen molar-refractivity contribution in [2.24, 2.45) is 0 Å². The van der Waals surface area contributed by atoms with Gasteiger partial charge >= 0.3 is 0 Å². The fraction of sp³-hybridized carbons (Fsp3) is 0.667. The Morgan fingerprint density at radius 2 is 1.96 bits per heavy atom. The second-order valence-corrected chi connectivity index (χ2v) is 14.1. The molecule has 2 rings (SSSR count). The molecule has 0 aliphatic carbocycles. The van der Waals surface area contributed by atoms with Crippen molar-refractivity contribution in [1.29, 1.82) is 0 Å². The van der Waals surface area contributed by atoms with E-state index in [9.17, 15) is 4.79 Å². The van der Waals surface area contributed by atoms with E-state index >= 15 is 0 Å². The average molecular weight is 475 g/mol. The van der Waals surface area contributed by atoms with E-state index in [1.54, 1.807) is 13.2 Å². The van der Waals surface area contributed by atoms with E-state index in [0.29, 0.717) is 11.7 Å². The lowest BCUT2D eigenvalue weighted by Gasteiger charge is -2.42. The molecule has 1 aromatic rings. The molecule has 0 aromatic carbocycles. The molecule has 0 spiro atoms. The van der Waals surface area contributed by atoms with Crippen molar-refractivity contribution in [3.05, 3.63) is 21.4 Å². The fourth-order valence-corrected chi connectivity index (χ4v) is 4.78. The summed E-state index contributed by atoms with van der Waals surface area (Å²) in [5, 5.41) is 2.90. The van der Waals surface area contributed by atoms with Crippen LogP contribution in [0.15, 0.2) is 12.3 Å². The van der Waals surface area contributed by atoms with Crippen molar-refractivity contribution in [3.8, 4) is 0 Å². The number of carbonyl (C=O) groups excluding carboxylic acids is 1. The van der Waals surface area contributed by atoms with Crippen molar-refractivity contribution < 1.29 is 9.22 Å². The minimum atomic E-state index is -1.71. The van der Waals surface area contributed by atoms with Gasteiger partial charge in [-0.3, -0.25) is 4.79 Å². The smallest absolute Gasteiger partial charge is 0.253 e. The maximum Gasteiger partial charge on any atom is 0.253 e. The molecule has 0 radical (unpaired) electrons. The number of rotatable bonds is 4. The van der Waals surface area contributed by atoms with Crippen LogP contribution in [0.5, 0.6) is 0 Å².